The van der Waals surface area contributed by atoms with Crippen molar-refractivity contribution >= 4 is 17.5 Å². The topological polar surface area (TPSA) is 31.2 Å². The highest BCUT2D eigenvalue weighted by atomic mass is 15.2. The second-order valence-corrected chi connectivity index (χ2v) is 8.53. The van der Waals surface area contributed by atoms with Crippen LogP contribution in [0.25, 0.3) is 6.08 Å². The van der Waals surface area contributed by atoms with E-state index in [0.29, 0.717) is 0 Å². The fraction of sp³-hybridized carbons (Fsp3) is 0.259. The Kier molecular flexibility index (Phi) is 5.90. The minimum atomic E-state index is -0.452. The first-order valence-electron chi connectivity index (χ1n) is 10.7. The molecule has 0 N–H and O–H groups in total. The van der Waals surface area contributed by atoms with Crippen molar-refractivity contribution in [3.63, 3.8) is 0 Å². The molecule has 1 aliphatic heterocycles. The van der Waals surface area contributed by atoms with Gasteiger partial charge in [0.05, 0.1) is 6.04 Å². The highest BCUT2D eigenvalue weighted by Gasteiger charge is 2.38. The number of hydrogen-bond acceptors (Lipinski definition) is 4. The van der Waals surface area contributed by atoms with E-state index in [1.54, 1.807) is 0 Å². The standard InChI is InChI=1S/C27H30N4/c1-30(2)24-14-10-21(11-15-24)18-19-27(23-8-6-5-7-9-23)20-26(28-29-27)22-12-16-25(17-13-22)31(3)4/h5-19,26H,20H2,1-4H3. The summed E-state index contributed by atoms with van der Waals surface area (Å²) >= 11 is 0. The second kappa shape index (κ2) is 8.76. The Hall–Kier alpha value is -3.40. The third-order valence-electron chi connectivity index (χ3n) is 5.91. The van der Waals surface area contributed by atoms with Gasteiger partial charge in [-0.3, -0.25) is 0 Å². The summed E-state index contributed by atoms with van der Waals surface area (Å²) in [5, 5.41) is 9.55. The maximum absolute atomic E-state index is 4.83. The van der Waals surface area contributed by atoms with E-state index < -0.39 is 5.54 Å². The van der Waals surface area contributed by atoms with Crippen LogP contribution in [0, 0.1) is 0 Å². The van der Waals surface area contributed by atoms with Gasteiger partial charge in [0.15, 0.2) is 0 Å². The predicted octanol–water partition coefficient (Wildman–Crippen LogP) is 6.32. The molecule has 0 aromatic heterocycles. The van der Waals surface area contributed by atoms with Crippen LogP contribution in [0.1, 0.15) is 29.2 Å². The Balaban J connectivity index is 1.62. The average Bonchev–Trinajstić information content (AvgIpc) is 3.24. The molecule has 0 saturated carbocycles. The van der Waals surface area contributed by atoms with Crippen molar-refractivity contribution in [2.24, 2.45) is 10.2 Å². The van der Waals surface area contributed by atoms with Crippen LogP contribution in [0.15, 0.2) is 95.2 Å². The lowest BCUT2D eigenvalue weighted by atomic mass is 9.83. The largest absolute Gasteiger partial charge is 0.378 e. The van der Waals surface area contributed by atoms with Gasteiger partial charge in [0, 0.05) is 46.0 Å². The first-order chi connectivity index (χ1) is 15.0. The van der Waals surface area contributed by atoms with Crippen molar-refractivity contribution in [1.29, 1.82) is 0 Å². The molecule has 3 aromatic carbocycles. The number of rotatable bonds is 6. The zero-order valence-electron chi connectivity index (χ0n) is 18.7. The van der Waals surface area contributed by atoms with Gasteiger partial charge in [-0.05, 0) is 41.0 Å². The summed E-state index contributed by atoms with van der Waals surface area (Å²) in [4.78, 5) is 4.22. The van der Waals surface area contributed by atoms with Crippen molar-refractivity contribution < 1.29 is 0 Å². The Morgan fingerprint density at radius 2 is 1.35 bits per heavy atom. The first kappa shape index (κ1) is 20.9. The minimum Gasteiger partial charge on any atom is -0.378 e. The number of anilines is 2. The molecule has 0 amide bonds. The average molecular weight is 411 g/mol. The molecule has 1 aliphatic rings. The molecule has 0 bridgehead atoms. The van der Waals surface area contributed by atoms with Gasteiger partial charge in [0.25, 0.3) is 0 Å². The third kappa shape index (κ3) is 4.53. The third-order valence-corrected chi connectivity index (χ3v) is 5.91. The molecule has 0 spiro atoms. The first-order valence-corrected chi connectivity index (χ1v) is 10.7. The number of nitrogens with zero attached hydrogens (tertiary/aromatic N) is 4. The smallest absolute Gasteiger partial charge is 0.127 e. The quantitative estimate of drug-likeness (QED) is 0.476. The SMILES string of the molecule is CN(C)c1ccc(C=CC2(c3ccccc3)CC(c3ccc(N(C)C)cc3)N=N2)cc1. The predicted molar refractivity (Wildman–Crippen MR) is 131 cm³/mol. The van der Waals surface area contributed by atoms with Gasteiger partial charge >= 0.3 is 0 Å². The molecule has 4 nitrogen and oxygen atoms in total. The Bertz CT molecular complexity index is 1050. The van der Waals surface area contributed by atoms with Crippen LogP contribution in [-0.4, -0.2) is 28.2 Å². The van der Waals surface area contributed by atoms with Gasteiger partial charge in [-0.2, -0.15) is 10.2 Å². The van der Waals surface area contributed by atoms with Crippen LogP contribution in [-0.2, 0) is 5.54 Å². The lowest BCUT2D eigenvalue weighted by Gasteiger charge is -2.22. The molecular weight excluding hydrogens is 380 g/mol. The monoisotopic (exact) mass is 410 g/mol. The van der Waals surface area contributed by atoms with E-state index in [2.05, 4.69) is 123 Å². The van der Waals surface area contributed by atoms with Gasteiger partial charge in [0.1, 0.15) is 5.54 Å². The number of hydrogen-bond donors (Lipinski definition) is 0. The van der Waals surface area contributed by atoms with Crippen molar-refractivity contribution in [2.75, 3.05) is 38.0 Å². The maximum Gasteiger partial charge on any atom is 0.127 e. The number of benzene rings is 3. The van der Waals surface area contributed by atoms with Gasteiger partial charge in [-0.15, -0.1) is 0 Å². The van der Waals surface area contributed by atoms with Crippen molar-refractivity contribution in [3.8, 4) is 0 Å². The second-order valence-electron chi connectivity index (χ2n) is 8.53. The lowest BCUT2D eigenvalue weighted by Crippen LogP contribution is -2.19. The summed E-state index contributed by atoms with van der Waals surface area (Å²) in [6.45, 7) is 0. The van der Waals surface area contributed by atoms with Crippen LogP contribution < -0.4 is 9.80 Å². The molecule has 0 fully saturated rings. The molecule has 0 saturated heterocycles. The Morgan fingerprint density at radius 1 is 0.774 bits per heavy atom. The minimum absolute atomic E-state index is 0.0529. The molecule has 0 radical (unpaired) electrons. The van der Waals surface area contributed by atoms with E-state index in [-0.39, 0.29) is 6.04 Å². The molecular formula is C27H30N4. The molecule has 2 atom stereocenters. The summed E-state index contributed by atoms with van der Waals surface area (Å²) < 4.78 is 0. The van der Waals surface area contributed by atoms with Crippen molar-refractivity contribution in [3.05, 3.63) is 102 Å². The molecule has 4 heteroatoms. The highest BCUT2D eigenvalue weighted by Crippen LogP contribution is 2.45. The molecule has 3 aromatic rings. The van der Waals surface area contributed by atoms with E-state index >= 15 is 0 Å². The molecule has 0 aliphatic carbocycles. The maximum atomic E-state index is 4.83. The van der Waals surface area contributed by atoms with E-state index in [4.69, 9.17) is 10.2 Å². The highest BCUT2D eigenvalue weighted by molar-refractivity contribution is 5.57. The van der Waals surface area contributed by atoms with E-state index in [1.807, 2.05) is 6.07 Å². The van der Waals surface area contributed by atoms with Crippen molar-refractivity contribution in [1.82, 2.24) is 0 Å². The van der Waals surface area contributed by atoms with Gasteiger partial charge in [-0.1, -0.05) is 66.7 Å². The molecule has 158 valence electrons. The molecule has 4 rings (SSSR count). The number of azo groups is 1. The molecule has 1 heterocycles. The fourth-order valence-corrected chi connectivity index (χ4v) is 3.95. The molecule has 31 heavy (non-hydrogen) atoms. The zero-order valence-corrected chi connectivity index (χ0v) is 18.7. The van der Waals surface area contributed by atoms with Crippen LogP contribution in [0.2, 0.25) is 0 Å². The summed E-state index contributed by atoms with van der Waals surface area (Å²) in [7, 11) is 8.22. The Morgan fingerprint density at radius 3 is 1.94 bits per heavy atom. The normalized spacial score (nSPS) is 20.3. The van der Waals surface area contributed by atoms with Crippen LogP contribution in [0.3, 0.4) is 0 Å². The van der Waals surface area contributed by atoms with Crippen LogP contribution in [0.5, 0.6) is 0 Å². The fourth-order valence-electron chi connectivity index (χ4n) is 3.95. The summed E-state index contributed by atoms with van der Waals surface area (Å²) in [6, 6.07) is 27.8. The summed E-state index contributed by atoms with van der Waals surface area (Å²) in [5.74, 6) is 0. The lowest BCUT2D eigenvalue weighted by molar-refractivity contribution is 0.539. The van der Waals surface area contributed by atoms with Gasteiger partial charge in [0.2, 0.25) is 0 Å². The van der Waals surface area contributed by atoms with Gasteiger partial charge < -0.3 is 9.80 Å². The van der Waals surface area contributed by atoms with Crippen LogP contribution >= 0.6 is 0 Å². The molecule has 2 unspecified atom stereocenters. The summed E-state index contributed by atoms with van der Waals surface area (Å²) in [5.41, 5.74) is 5.47. The summed E-state index contributed by atoms with van der Waals surface area (Å²) in [6.07, 6.45) is 5.21. The zero-order chi connectivity index (χ0) is 21.8. The van der Waals surface area contributed by atoms with E-state index in [0.717, 1.165) is 12.0 Å². The van der Waals surface area contributed by atoms with Crippen LogP contribution in [0.4, 0.5) is 11.4 Å². The van der Waals surface area contributed by atoms with E-state index in [9.17, 15) is 0 Å². The Labute approximate surface area is 185 Å². The van der Waals surface area contributed by atoms with E-state index in [1.165, 1.54) is 22.5 Å². The van der Waals surface area contributed by atoms with Gasteiger partial charge in [-0.25, -0.2) is 0 Å². The van der Waals surface area contributed by atoms with Crippen molar-refractivity contribution in [2.45, 2.75) is 18.0 Å².